The Morgan fingerprint density at radius 2 is 1.75 bits per heavy atom. The van der Waals surface area contributed by atoms with Crippen LogP contribution in [0.2, 0.25) is 5.02 Å². The number of aromatic nitrogens is 1. The molecule has 2 aliphatic heterocycles. The molecule has 9 heteroatoms. The number of halogens is 1. The Morgan fingerprint density at radius 3 is 2.46 bits per heavy atom. The second-order valence-electron chi connectivity index (χ2n) is 16.3. The summed E-state index contributed by atoms with van der Waals surface area (Å²) in [5, 5.41) is 21.9. The van der Waals surface area contributed by atoms with Gasteiger partial charge in [-0.05, 0) is 114 Å². The number of anilines is 2. The van der Waals surface area contributed by atoms with Crippen molar-refractivity contribution >= 4 is 33.9 Å². The number of piperidine rings is 1. The Morgan fingerprint density at radius 1 is 1.02 bits per heavy atom. The molecule has 0 radical (unpaired) electrons. The molecule has 3 aromatic rings. The highest BCUT2D eigenvalue weighted by Gasteiger charge is 2.48. The number of fused-ring (bicyclic) bond motifs is 2. The molecule has 4 aliphatic carbocycles. The molecule has 4 bridgehead atoms. The third-order valence-corrected chi connectivity index (χ3v) is 12.3. The van der Waals surface area contributed by atoms with Crippen LogP contribution in [0.15, 0.2) is 60.6 Å². The molecule has 48 heavy (non-hydrogen) atoms. The molecule has 0 amide bonds. The summed E-state index contributed by atoms with van der Waals surface area (Å²) in [7, 11) is 0. The van der Waals surface area contributed by atoms with Gasteiger partial charge in [0, 0.05) is 53.7 Å². The Hall–Kier alpha value is -3.51. The van der Waals surface area contributed by atoms with E-state index < -0.39 is 0 Å². The topological polar surface area (TPSA) is 91.3 Å². The molecule has 4 N–H and O–H groups in total. The van der Waals surface area contributed by atoms with Crippen molar-refractivity contribution in [2.75, 3.05) is 23.7 Å². The number of hydrazine groups is 2. The minimum absolute atomic E-state index is 0.0257. The molecular formula is C39H49ClN8. The summed E-state index contributed by atoms with van der Waals surface area (Å²) in [6, 6.07) is 17.4. The van der Waals surface area contributed by atoms with Crippen molar-refractivity contribution in [1.29, 1.82) is 5.26 Å². The van der Waals surface area contributed by atoms with Gasteiger partial charge in [-0.1, -0.05) is 41.9 Å². The number of nitriles is 1. The first kappa shape index (κ1) is 31.7. The fourth-order valence-electron chi connectivity index (χ4n) is 9.79. The highest BCUT2D eigenvalue weighted by Crippen LogP contribution is 2.54. The summed E-state index contributed by atoms with van der Waals surface area (Å²) in [5.41, 5.74) is 12.5. The van der Waals surface area contributed by atoms with Gasteiger partial charge in [0.05, 0.1) is 33.5 Å². The smallest absolute Gasteiger partial charge is 0.103 e. The summed E-state index contributed by atoms with van der Waals surface area (Å²) >= 11 is 7.02. The largest absolute Gasteiger partial charge is 0.378 e. The van der Waals surface area contributed by atoms with Crippen LogP contribution in [-0.2, 0) is 0 Å². The Labute approximate surface area is 290 Å². The quantitative estimate of drug-likeness (QED) is 0.201. The number of likely N-dealkylation sites (tertiary alicyclic amines) is 1. The number of nitrogens with zero attached hydrogens (tertiary/aromatic N) is 4. The van der Waals surface area contributed by atoms with Gasteiger partial charge in [-0.2, -0.15) is 5.26 Å². The molecule has 3 heterocycles. The molecule has 5 fully saturated rings. The number of nitrogens with one attached hydrogen (secondary N) is 4. The van der Waals surface area contributed by atoms with Gasteiger partial charge in [0.25, 0.3) is 0 Å². The lowest BCUT2D eigenvalue weighted by molar-refractivity contribution is 0.0570. The van der Waals surface area contributed by atoms with Gasteiger partial charge < -0.3 is 16.1 Å². The number of hydrogen-bond donors (Lipinski definition) is 4. The van der Waals surface area contributed by atoms with E-state index in [0.717, 1.165) is 77.2 Å². The molecular weight excluding hydrogens is 616 g/mol. The normalized spacial score (nSPS) is 28.1. The monoisotopic (exact) mass is 664 g/mol. The third kappa shape index (κ3) is 6.10. The van der Waals surface area contributed by atoms with Gasteiger partial charge in [-0.15, -0.1) is 5.53 Å². The van der Waals surface area contributed by atoms with Crippen LogP contribution < -0.4 is 21.6 Å². The van der Waals surface area contributed by atoms with E-state index in [1.54, 1.807) is 6.20 Å². The van der Waals surface area contributed by atoms with E-state index in [-0.39, 0.29) is 17.1 Å². The summed E-state index contributed by atoms with van der Waals surface area (Å²) in [5.74, 6) is 2.44. The molecule has 4 saturated carbocycles. The van der Waals surface area contributed by atoms with Gasteiger partial charge in [0.1, 0.15) is 6.07 Å². The van der Waals surface area contributed by atoms with Crippen molar-refractivity contribution < 1.29 is 0 Å². The molecule has 2 aromatic carbocycles. The molecule has 1 saturated heterocycles. The van der Waals surface area contributed by atoms with Crippen molar-refractivity contribution in [3.8, 4) is 6.07 Å². The van der Waals surface area contributed by atoms with Gasteiger partial charge in [-0.3, -0.25) is 14.9 Å². The minimum atomic E-state index is -0.151. The van der Waals surface area contributed by atoms with E-state index in [4.69, 9.17) is 16.6 Å². The van der Waals surface area contributed by atoms with Crippen molar-refractivity contribution in [2.24, 2.45) is 17.8 Å². The van der Waals surface area contributed by atoms with Crippen molar-refractivity contribution in [2.45, 2.75) is 102 Å². The fourth-order valence-corrected chi connectivity index (χ4v) is 10.1. The second kappa shape index (κ2) is 12.4. The second-order valence-corrected chi connectivity index (χ2v) is 16.7. The highest BCUT2D eigenvalue weighted by molar-refractivity contribution is 6.35. The zero-order valence-corrected chi connectivity index (χ0v) is 29.3. The predicted molar refractivity (Wildman–Crippen MR) is 194 cm³/mol. The Kier molecular flexibility index (Phi) is 8.22. The molecule has 9 rings (SSSR count). The summed E-state index contributed by atoms with van der Waals surface area (Å²) in [6.07, 6.45) is 15.1. The van der Waals surface area contributed by atoms with Crippen LogP contribution >= 0.6 is 11.6 Å². The maximum Gasteiger partial charge on any atom is 0.103 e. The van der Waals surface area contributed by atoms with Crippen LogP contribution in [0.1, 0.15) is 95.7 Å². The van der Waals surface area contributed by atoms with Gasteiger partial charge in [0.2, 0.25) is 0 Å². The predicted octanol–water partition coefficient (Wildman–Crippen LogP) is 8.11. The molecule has 3 atom stereocenters. The zero-order valence-electron chi connectivity index (χ0n) is 28.5. The number of hydrogen-bond acceptors (Lipinski definition) is 8. The first-order valence-electron chi connectivity index (χ1n) is 18.1. The van der Waals surface area contributed by atoms with E-state index in [9.17, 15) is 5.26 Å². The zero-order chi connectivity index (χ0) is 33.0. The molecule has 8 nitrogen and oxygen atoms in total. The lowest BCUT2D eigenvalue weighted by Crippen LogP contribution is -2.52. The van der Waals surface area contributed by atoms with Crippen LogP contribution in [0.5, 0.6) is 0 Å². The minimum Gasteiger partial charge on any atom is -0.378 e. The van der Waals surface area contributed by atoms with E-state index in [0.29, 0.717) is 16.6 Å². The van der Waals surface area contributed by atoms with Gasteiger partial charge in [0.15, 0.2) is 0 Å². The van der Waals surface area contributed by atoms with Crippen LogP contribution in [0.4, 0.5) is 11.4 Å². The summed E-state index contributed by atoms with van der Waals surface area (Å²) < 4.78 is 0. The molecule has 1 aromatic heterocycles. The maximum absolute atomic E-state index is 10.3. The SMILES string of the molecule is CC(C)(C)N1CCC(N2C=C([C@@H](Nc3cc(Cl)c4ncc(C#N)c(NC56CCC7CC(CC(C7)C5)C6)c4c3)c3ccccc3)NN2)CC1. The molecule has 252 valence electrons. The van der Waals surface area contributed by atoms with Crippen LogP contribution in [-0.4, -0.2) is 45.1 Å². The average molecular weight is 665 g/mol. The van der Waals surface area contributed by atoms with E-state index in [2.05, 4.69) is 101 Å². The van der Waals surface area contributed by atoms with Gasteiger partial charge in [-0.25, -0.2) is 0 Å². The number of benzene rings is 2. The van der Waals surface area contributed by atoms with E-state index >= 15 is 0 Å². The average Bonchev–Trinajstić information content (AvgIpc) is 3.48. The standard InChI is InChI=1S/C39H49ClN8/c1-38(2,3)47-13-10-31(11-14-47)48-24-34(45-46-48)36(28-7-5-4-6-8-28)43-30-18-32-35(29(22-41)23-42-37(32)33(40)19-30)44-39-12-9-25-15-26(20-39)17-27(16-25)21-39/h4-8,18-19,23-27,31,36,43,45-46H,9-17,20-21H2,1-3H3,(H,42,44)/t25?,26?,27?,36-,39?/m0/s1. The van der Waals surface area contributed by atoms with Crippen molar-refractivity contribution in [3.05, 3.63) is 76.7 Å². The number of rotatable bonds is 7. The Balaban J connectivity index is 1.11. The third-order valence-electron chi connectivity index (χ3n) is 12.0. The molecule has 6 aliphatic rings. The van der Waals surface area contributed by atoms with Crippen LogP contribution in [0.25, 0.3) is 10.9 Å². The highest BCUT2D eigenvalue weighted by atomic mass is 35.5. The van der Waals surface area contributed by atoms with Crippen molar-refractivity contribution in [3.63, 3.8) is 0 Å². The van der Waals surface area contributed by atoms with Crippen LogP contribution in [0.3, 0.4) is 0 Å². The summed E-state index contributed by atoms with van der Waals surface area (Å²) in [6.45, 7) is 9.08. The van der Waals surface area contributed by atoms with Gasteiger partial charge >= 0.3 is 0 Å². The first-order chi connectivity index (χ1) is 23.2. The van der Waals surface area contributed by atoms with E-state index in [1.807, 2.05) is 6.07 Å². The first-order valence-corrected chi connectivity index (χ1v) is 18.4. The lowest BCUT2D eigenvalue weighted by Gasteiger charge is -2.46. The van der Waals surface area contributed by atoms with Crippen LogP contribution in [0, 0.1) is 29.1 Å². The van der Waals surface area contributed by atoms with Crippen molar-refractivity contribution in [1.82, 2.24) is 25.9 Å². The maximum atomic E-state index is 10.3. The fraction of sp³-hybridized carbons (Fsp3) is 0.538. The van der Waals surface area contributed by atoms with E-state index in [1.165, 1.54) is 44.9 Å². The molecule has 0 spiro atoms. The lowest BCUT2D eigenvalue weighted by atomic mass is 9.65. The molecule has 2 unspecified atom stereocenters. The Bertz CT molecular complexity index is 1720. The number of pyridine rings is 1. The summed E-state index contributed by atoms with van der Waals surface area (Å²) in [4.78, 5) is 7.28.